The lowest BCUT2D eigenvalue weighted by molar-refractivity contribution is 0.0972. The maximum absolute atomic E-state index is 12.8. The van der Waals surface area contributed by atoms with Crippen LogP contribution in [0.2, 0.25) is 0 Å². The van der Waals surface area contributed by atoms with Crippen LogP contribution in [0.15, 0.2) is 71.2 Å². The quantitative estimate of drug-likeness (QED) is 0.302. The van der Waals surface area contributed by atoms with Gasteiger partial charge in [0.05, 0.1) is 12.2 Å². The van der Waals surface area contributed by atoms with Gasteiger partial charge < -0.3 is 15.4 Å². The number of hydrogen-bond donors (Lipinski definition) is 3. The number of thiocarbonyl (C=S) groups is 1. The van der Waals surface area contributed by atoms with Gasteiger partial charge in [0, 0.05) is 21.4 Å². The molecule has 0 radical (unpaired) electrons. The van der Waals surface area contributed by atoms with Gasteiger partial charge in [-0.1, -0.05) is 54.9 Å². The van der Waals surface area contributed by atoms with E-state index in [9.17, 15) is 9.59 Å². The number of hydrogen-bond acceptors (Lipinski definition) is 4. The van der Waals surface area contributed by atoms with Gasteiger partial charge in [-0.15, -0.1) is 0 Å². The number of rotatable bonds is 6. The van der Waals surface area contributed by atoms with E-state index in [1.54, 1.807) is 42.5 Å². The van der Waals surface area contributed by atoms with Gasteiger partial charge in [0.2, 0.25) is 0 Å². The van der Waals surface area contributed by atoms with Crippen molar-refractivity contribution in [2.75, 3.05) is 17.2 Å². The fraction of sp³-hybridized carbons (Fsp3) is 0.222. The Morgan fingerprint density at radius 3 is 2.20 bits per heavy atom. The Bertz CT molecular complexity index is 1240. The molecule has 8 heteroatoms. The smallest absolute Gasteiger partial charge is 0.261 e. The SMILES string of the molecule is CCOc1ccc(Br)cc1C(=O)NC(=S)Nc1cccc(NC(=O)c2ccc(C(C)(C)C)cc2)c1. The standard InChI is InChI=1S/C27H28BrN3O3S/c1-5-34-23-14-13-19(28)15-22(23)25(33)31-26(35)30-21-8-6-7-20(16-21)29-24(32)17-9-11-18(12-10-17)27(2,3)4/h6-16H,5H2,1-4H3,(H,29,32)(H2,30,31,33,35). The molecule has 3 aromatic carbocycles. The van der Waals surface area contributed by atoms with Crippen LogP contribution >= 0.6 is 28.1 Å². The lowest BCUT2D eigenvalue weighted by Gasteiger charge is -2.19. The first-order valence-electron chi connectivity index (χ1n) is 11.1. The van der Waals surface area contributed by atoms with Crippen LogP contribution in [0.4, 0.5) is 11.4 Å². The highest BCUT2D eigenvalue weighted by Gasteiger charge is 2.16. The second-order valence-electron chi connectivity index (χ2n) is 8.84. The fourth-order valence-corrected chi connectivity index (χ4v) is 3.87. The minimum Gasteiger partial charge on any atom is -0.493 e. The summed E-state index contributed by atoms with van der Waals surface area (Å²) in [5.74, 6) is -0.136. The lowest BCUT2D eigenvalue weighted by atomic mass is 9.87. The summed E-state index contributed by atoms with van der Waals surface area (Å²) in [6, 6.07) is 19.9. The van der Waals surface area contributed by atoms with Crippen molar-refractivity contribution < 1.29 is 14.3 Å². The number of benzene rings is 3. The Morgan fingerprint density at radius 2 is 1.57 bits per heavy atom. The summed E-state index contributed by atoms with van der Waals surface area (Å²) < 4.78 is 6.29. The molecule has 2 amide bonds. The van der Waals surface area contributed by atoms with Gasteiger partial charge in [0.1, 0.15) is 5.75 Å². The minimum atomic E-state index is -0.393. The molecular weight excluding hydrogens is 526 g/mol. The molecule has 0 aromatic heterocycles. The molecule has 0 spiro atoms. The molecule has 0 heterocycles. The lowest BCUT2D eigenvalue weighted by Crippen LogP contribution is -2.34. The summed E-state index contributed by atoms with van der Waals surface area (Å²) in [6.45, 7) is 8.67. The largest absolute Gasteiger partial charge is 0.493 e. The number of carbonyl (C=O) groups excluding carboxylic acids is 2. The Kier molecular flexibility index (Phi) is 8.64. The summed E-state index contributed by atoms with van der Waals surface area (Å²) >= 11 is 8.69. The second kappa shape index (κ2) is 11.5. The zero-order chi connectivity index (χ0) is 25.6. The summed E-state index contributed by atoms with van der Waals surface area (Å²) in [6.07, 6.45) is 0. The number of ether oxygens (including phenoxy) is 1. The van der Waals surface area contributed by atoms with Crippen LogP contribution < -0.4 is 20.7 Å². The zero-order valence-corrected chi connectivity index (χ0v) is 22.5. The van der Waals surface area contributed by atoms with Crippen molar-refractivity contribution in [1.82, 2.24) is 5.32 Å². The molecule has 0 atom stereocenters. The summed E-state index contributed by atoms with van der Waals surface area (Å²) in [5, 5.41) is 8.67. The average Bonchev–Trinajstić information content (AvgIpc) is 2.80. The Hall–Kier alpha value is -3.23. The van der Waals surface area contributed by atoms with E-state index >= 15 is 0 Å². The monoisotopic (exact) mass is 553 g/mol. The molecule has 3 rings (SSSR count). The number of nitrogens with one attached hydrogen (secondary N) is 3. The van der Waals surface area contributed by atoms with Crippen LogP contribution in [0, 0.1) is 0 Å². The minimum absolute atomic E-state index is 0.0183. The first kappa shape index (κ1) is 26.4. The predicted octanol–water partition coefficient (Wildman–Crippen LogP) is 6.52. The van der Waals surface area contributed by atoms with Crippen LogP contribution in [0.3, 0.4) is 0 Å². The molecule has 35 heavy (non-hydrogen) atoms. The number of carbonyl (C=O) groups is 2. The van der Waals surface area contributed by atoms with Gasteiger partial charge in [-0.25, -0.2) is 0 Å². The van der Waals surface area contributed by atoms with Crippen LogP contribution in [-0.4, -0.2) is 23.5 Å². The van der Waals surface area contributed by atoms with E-state index in [0.717, 1.165) is 10.0 Å². The number of anilines is 2. The summed E-state index contributed by atoms with van der Waals surface area (Å²) in [5.41, 5.74) is 3.33. The first-order valence-corrected chi connectivity index (χ1v) is 12.3. The highest BCUT2D eigenvalue weighted by Crippen LogP contribution is 2.24. The van der Waals surface area contributed by atoms with E-state index in [2.05, 4.69) is 52.7 Å². The van der Waals surface area contributed by atoms with E-state index in [1.165, 1.54) is 0 Å². The maximum atomic E-state index is 12.8. The molecular formula is C27H28BrN3O3S. The maximum Gasteiger partial charge on any atom is 0.261 e. The first-order chi connectivity index (χ1) is 16.6. The Labute approximate surface area is 219 Å². The van der Waals surface area contributed by atoms with Gasteiger partial charge >= 0.3 is 0 Å². The average molecular weight is 555 g/mol. The summed E-state index contributed by atoms with van der Waals surface area (Å²) in [4.78, 5) is 25.4. The van der Waals surface area contributed by atoms with Gasteiger partial charge in [-0.3, -0.25) is 14.9 Å². The van der Waals surface area contributed by atoms with E-state index < -0.39 is 5.91 Å². The molecule has 3 aromatic rings. The zero-order valence-electron chi connectivity index (χ0n) is 20.1. The fourth-order valence-electron chi connectivity index (χ4n) is 3.29. The van der Waals surface area contributed by atoms with Crippen LogP contribution in [0.5, 0.6) is 5.75 Å². The van der Waals surface area contributed by atoms with Crippen LogP contribution in [0.1, 0.15) is 54.0 Å². The second-order valence-corrected chi connectivity index (χ2v) is 10.2. The molecule has 0 aliphatic rings. The molecule has 0 aliphatic carbocycles. The molecule has 0 saturated carbocycles. The van der Waals surface area contributed by atoms with Gasteiger partial charge in [0.25, 0.3) is 11.8 Å². The molecule has 182 valence electrons. The molecule has 0 bridgehead atoms. The topological polar surface area (TPSA) is 79.5 Å². The Morgan fingerprint density at radius 1 is 0.914 bits per heavy atom. The van der Waals surface area contributed by atoms with Gasteiger partial charge in [0.15, 0.2) is 5.11 Å². The molecule has 6 nitrogen and oxygen atoms in total. The van der Waals surface area contributed by atoms with Crippen LogP contribution in [0.25, 0.3) is 0 Å². The van der Waals surface area contributed by atoms with Crippen molar-refractivity contribution in [1.29, 1.82) is 0 Å². The highest BCUT2D eigenvalue weighted by molar-refractivity contribution is 9.10. The van der Waals surface area contributed by atoms with Crippen molar-refractivity contribution in [3.8, 4) is 5.75 Å². The predicted molar refractivity (Wildman–Crippen MR) is 149 cm³/mol. The molecule has 0 saturated heterocycles. The summed E-state index contributed by atoms with van der Waals surface area (Å²) in [7, 11) is 0. The van der Waals surface area contributed by atoms with Crippen LogP contribution in [-0.2, 0) is 5.41 Å². The molecule has 0 fully saturated rings. The highest BCUT2D eigenvalue weighted by atomic mass is 79.9. The Balaban J connectivity index is 1.64. The van der Waals surface area contributed by atoms with E-state index in [4.69, 9.17) is 17.0 Å². The van der Waals surface area contributed by atoms with Crippen molar-refractivity contribution in [3.05, 3.63) is 87.9 Å². The van der Waals surface area contributed by atoms with Crippen molar-refractivity contribution in [2.24, 2.45) is 0 Å². The van der Waals surface area contributed by atoms with E-state index in [-0.39, 0.29) is 16.4 Å². The molecule has 3 N–H and O–H groups in total. The third-order valence-electron chi connectivity index (χ3n) is 5.10. The van der Waals surface area contributed by atoms with Crippen molar-refractivity contribution in [3.63, 3.8) is 0 Å². The number of halogens is 1. The molecule has 0 unspecified atom stereocenters. The third-order valence-corrected chi connectivity index (χ3v) is 5.80. The normalized spacial score (nSPS) is 10.9. The third kappa shape index (κ3) is 7.37. The van der Waals surface area contributed by atoms with Crippen molar-refractivity contribution >= 4 is 56.4 Å². The van der Waals surface area contributed by atoms with Crippen molar-refractivity contribution in [2.45, 2.75) is 33.1 Å². The van der Waals surface area contributed by atoms with E-state index in [1.807, 2.05) is 31.2 Å². The number of amides is 2. The molecule has 0 aliphatic heterocycles. The van der Waals surface area contributed by atoms with Gasteiger partial charge in [-0.2, -0.15) is 0 Å². The van der Waals surface area contributed by atoms with E-state index in [0.29, 0.717) is 34.9 Å². The van der Waals surface area contributed by atoms with Gasteiger partial charge in [-0.05, 0) is 78.7 Å².